The van der Waals surface area contributed by atoms with E-state index in [-0.39, 0.29) is 11.9 Å². The van der Waals surface area contributed by atoms with Crippen molar-refractivity contribution in [1.82, 2.24) is 5.32 Å². The van der Waals surface area contributed by atoms with Crippen LogP contribution in [0, 0.1) is 0 Å². The van der Waals surface area contributed by atoms with Gasteiger partial charge in [0.2, 0.25) is 0 Å². The molecule has 0 bridgehead atoms. The van der Waals surface area contributed by atoms with Gasteiger partial charge in [-0.2, -0.15) is 0 Å². The monoisotopic (exact) mass is 379 g/mol. The molecule has 0 saturated carbocycles. The van der Waals surface area contributed by atoms with E-state index in [2.05, 4.69) is 37.2 Å². The van der Waals surface area contributed by atoms with Gasteiger partial charge in [-0.3, -0.25) is 4.79 Å². The van der Waals surface area contributed by atoms with Crippen LogP contribution in [0.2, 0.25) is 0 Å². The molecule has 1 aromatic carbocycles. The van der Waals surface area contributed by atoms with E-state index in [0.29, 0.717) is 5.56 Å². The van der Waals surface area contributed by atoms with Gasteiger partial charge in [0, 0.05) is 23.2 Å². The van der Waals surface area contributed by atoms with Crippen LogP contribution in [0.5, 0.6) is 0 Å². The Morgan fingerprint density at radius 2 is 1.89 bits per heavy atom. The number of hydrogen-bond acceptors (Lipinski definition) is 3. The number of amides is 1. The summed E-state index contributed by atoms with van der Waals surface area (Å²) in [6.07, 6.45) is -0.472. The van der Waals surface area contributed by atoms with E-state index >= 15 is 0 Å². The topological polar surface area (TPSA) is 47.6 Å². The van der Waals surface area contributed by atoms with E-state index in [4.69, 9.17) is 9.47 Å². The highest BCUT2D eigenvalue weighted by Crippen LogP contribution is 2.21. The van der Waals surface area contributed by atoms with Crippen LogP contribution in [0.25, 0.3) is 0 Å². The number of carbonyl (C=O) groups excluding carboxylic acids is 1. The number of benzene rings is 1. The van der Waals surface area contributed by atoms with Crippen LogP contribution in [0.15, 0.2) is 27.1 Å². The van der Waals surface area contributed by atoms with Crippen LogP contribution in [-0.4, -0.2) is 32.5 Å². The zero-order chi connectivity index (χ0) is 13.7. The molecule has 18 heavy (non-hydrogen) atoms. The zero-order valence-electron chi connectivity index (χ0n) is 10.4. The highest BCUT2D eigenvalue weighted by molar-refractivity contribution is 9.11. The molecular formula is C12H15Br2NO3. The SMILES string of the molecule is COC(OC)C(C)NC(=O)c1cc(Br)ccc1Br. The van der Waals surface area contributed by atoms with Gasteiger partial charge in [-0.15, -0.1) is 0 Å². The number of ether oxygens (including phenoxy) is 2. The third kappa shape index (κ3) is 4.05. The molecule has 0 aliphatic heterocycles. The van der Waals surface area contributed by atoms with Gasteiger partial charge >= 0.3 is 0 Å². The summed E-state index contributed by atoms with van der Waals surface area (Å²) in [6.45, 7) is 1.82. The summed E-state index contributed by atoms with van der Waals surface area (Å²) in [5.74, 6) is -0.185. The quantitative estimate of drug-likeness (QED) is 0.799. The molecule has 0 heterocycles. The number of hydrogen-bond donors (Lipinski definition) is 1. The molecular weight excluding hydrogens is 366 g/mol. The second-order valence-electron chi connectivity index (χ2n) is 3.73. The van der Waals surface area contributed by atoms with Gasteiger partial charge in [0.05, 0.1) is 11.6 Å². The second kappa shape index (κ2) is 7.23. The van der Waals surface area contributed by atoms with E-state index in [1.54, 1.807) is 6.07 Å². The van der Waals surface area contributed by atoms with Crippen molar-refractivity contribution in [2.24, 2.45) is 0 Å². The lowest BCUT2D eigenvalue weighted by Crippen LogP contribution is -2.43. The average molecular weight is 381 g/mol. The molecule has 1 aromatic rings. The second-order valence-corrected chi connectivity index (χ2v) is 5.50. The van der Waals surface area contributed by atoms with Crippen LogP contribution < -0.4 is 5.32 Å². The minimum atomic E-state index is -0.472. The van der Waals surface area contributed by atoms with E-state index in [0.717, 1.165) is 8.95 Å². The number of nitrogens with one attached hydrogen (secondary N) is 1. The van der Waals surface area contributed by atoms with Crippen LogP contribution in [0.1, 0.15) is 17.3 Å². The van der Waals surface area contributed by atoms with Crippen molar-refractivity contribution >= 4 is 37.8 Å². The molecule has 0 radical (unpaired) electrons. The third-order valence-corrected chi connectivity index (χ3v) is 3.59. The van der Waals surface area contributed by atoms with Crippen molar-refractivity contribution in [3.8, 4) is 0 Å². The normalized spacial score (nSPS) is 12.6. The van der Waals surface area contributed by atoms with Crippen molar-refractivity contribution in [1.29, 1.82) is 0 Å². The van der Waals surface area contributed by atoms with Crippen molar-refractivity contribution in [2.45, 2.75) is 19.3 Å². The van der Waals surface area contributed by atoms with Crippen LogP contribution in [0.4, 0.5) is 0 Å². The van der Waals surface area contributed by atoms with Crippen LogP contribution >= 0.6 is 31.9 Å². The lowest BCUT2D eigenvalue weighted by molar-refractivity contribution is -0.117. The van der Waals surface area contributed by atoms with Crippen molar-refractivity contribution in [3.63, 3.8) is 0 Å². The Balaban J connectivity index is 2.79. The van der Waals surface area contributed by atoms with Gasteiger partial charge in [-0.25, -0.2) is 0 Å². The summed E-state index contributed by atoms with van der Waals surface area (Å²) in [6, 6.07) is 5.17. The van der Waals surface area contributed by atoms with E-state index in [1.165, 1.54) is 14.2 Å². The number of halogens is 2. The van der Waals surface area contributed by atoms with Gasteiger partial charge in [0.15, 0.2) is 6.29 Å². The fourth-order valence-corrected chi connectivity index (χ4v) is 2.32. The fraction of sp³-hybridized carbons (Fsp3) is 0.417. The van der Waals surface area contributed by atoms with Crippen LogP contribution in [-0.2, 0) is 9.47 Å². The minimum Gasteiger partial charge on any atom is -0.354 e. The van der Waals surface area contributed by atoms with Gasteiger partial charge in [0.1, 0.15) is 0 Å². The first-order chi connectivity index (χ1) is 8.49. The molecule has 0 spiro atoms. The van der Waals surface area contributed by atoms with E-state index in [9.17, 15) is 4.79 Å². The Labute approximate surface area is 123 Å². The molecule has 0 fully saturated rings. The van der Waals surface area contributed by atoms with Crippen molar-refractivity contribution in [2.75, 3.05) is 14.2 Å². The third-order valence-electron chi connectivity index (χ3n) is 2.40. The molecule has 4 nitrogen and oxygen atoms in total. The minimum absolute atomic E-state index is 0.185. The van der Waals surface area contributed by atoms with E-state index in [1.807, 2.05) is 19.1 Å². The summed E-state index contributed by atoms with van der Waals surface area (Å²) in [5, 5.41) is 2.83. The molecule has 100 valence electrons. The predicted octanol–water partition coefficient (Wildman–Crippen LogP) is 2.95. The van der Waals surface area contributed by atoms with E-state index < -0.39 is 6.29 Å². The van der Waals surface area contributed by atoms with Gasteiger partial charge in [0.25, 0.3) is 5.91 Å². The molecule has 1 amide bonds. The highest BCUT2D eigenvalue weighted by atomic mass is 79.9. The molecule has 1 N–H and O–H groups in total. The smallest absolute Gasteiger partial charge is 0.252 e. The molecule has 0 aliphatic rings. The lowest BCUT2D eigenvalue weighted by Gasteiger charge is -2.22. The maximum absolute atomic E-state index is 12.1. The molecule has 0 aliphatic carbocycles. The lowest BCUT2D eigenvalue weighted by atomic mass is 10.2. The molecule has 1 atom stereocenters. The summed E-state index contributed by atoms with van der Waals surface area (Å²) in [5.41, 5.74) is 0.558. The average Bonchev–Trinajstić information content (AvgIpc) is 2.33. The molecule has 1 unspecified atom stereocenters. The number of methoxy groups -OCH3 is 2. The molecule has 6 heteroatoms. The highest BCUT2D eigenvalue weighted by Gasteiger charge is 2.20. The van der Waals surface area contributed by atoms with Gasteiger partial charge in [-0.05, 0) is 41.1 Å². The Hall–Kier alpha value is -0.430. The molecule has 0 saturated heterocycles. The first-order valence-corrected chi connectivity index (χ1v) is 6.89. The Morgan fingerprint density at radius 3 is 2.44 bits per heavy atom. The number of carbonyl (C=O) groups is 1. The Bertz CT molecular complexity index is 422. The summed E-state index contributed by atoms with van der Waals surface area (Å²) < 4.78 is 11.8. The maximum Gasteiger partial charge on any atom is 0.252 e. The molecule has 0 aromatic heterocycles. The first-order valence-electron chi connectivity index (χ1n) is 5.31. The van der Waals surface area contributed by atoms with Crippen LogP contribution in [0.3, 0.4) is 0 Å². The van der Waals surface area contributed by atoms with Gasteiger partial charge < -0.3 is 14.8 Å². The Kier molecular flexibility index (Phi) is 6.28. The zero-order valence-corrected chi connectivity index (χ0v) is 13.5. The largest absolute Gasteiger partial charge is 0.354 e. The summed E-state index contributed by atoms with van der Waals surface area (Å²) in [4.78, 5) is 12.1. The maximum atomic E-state index is 12.1. The standard InChI is InChI=1S/C12H15Br2NO3/c1-7(12(17-2)18-3)15-11(16)9-6-8(13)4-5-10(9)14/h4-7,12H,1-3H3,(H,15,16). The van der Waals surface area contributed by atoms with Crippen molar-refractivity contribution in [3.05, 3.63) is 32.7 Å². The Morgan fingerprint density at radius 1 is 1.28 bits per heavy atom. The summed E-state index contributed by atoms with van der Waals surface area (Å²) in [7, 11) is 3.07. The number of rotatable bonds is 5. The first kappa shape index (κ1) is 15.6. The van der Waals surface area contributed by atoms with Crippen molar-refractivity contribution < 1.29 is 14.3 Å². The summed E-state index contributed by atoms with van der Waals surface area (Å²) >= 11 is 6.68. The van der Waals surface area contributed by atoms with Gasteiger partial charge in [-0.1, -0.05) is 15.9 Å². The fourth-order valence-electron chi connectivity index (χ4n) is 1.53. The molecule has 1 rings (SSSR count). The predicted molar refractivity (Wildman–Crippen MR) is 76.6 cm³/mol.